The van der Waals surface area contributed by atoms with Gasteiger partial charge in [-0.05, 0) is 47.7 Å². The standard InChI is InChI=1S/C24H34O3Si/c1-18(23(25)26)16-22(27-28(5,6)24(2,3)4)17-19-12-14-21(15-13-19)20-10-8-7-9-11-20/h7-15,18,22H,16-17H2,1-6H3,(H,25,26)/t18-,22-/m1/s1. The molecule has 0 aliphatic heterocycles. The van der Waals surface area contributed by atoms with E-state index in [1.165, 1.54) is 16.7 Å². The zero-order chi connectivity index (χ0) is 20.9. The molecule has 0 aliphatic rings. The Kier molecular flexibility index (Phi) is 7.24. The lowest BCUT2D eigenvalue weighted by Crippen LogP contribution is -2.45. The van der Waals surface area contributed by atoms with Crippen LogP contribution in [0.15, 0.2) is 54.6 Å². The SMILES string of the molecule is C[C@H](C[C@H](Cc1ccc(-c2ccccc2)cc1)O[Si](C)(C)C(C)(C)C)C(=O)O. The number of carboxylic acids is 1. The lowest BCUT2D eigenvalue weighted by atomic mass is 9.97. The first kappa shape index (κ1) is 22.4. The van der Waals surface area contributed by atoms with Gasteiger partial charge in [-0.2, -0.15) is 0 Å². The molecular formula is C24H34O3Si. The zero-order valence-electron chi connectivity index (χ0n) is 18.0. The van der Waals surface area contributed by atoms with E-state index in [1.807, 2.05) is 18.2 Å². The Balaban J connectivity index is 2.18. The number of carboxylic acid groups (broad SMARTS) is 1. The molecule has 0 heterocycles. The van der Waals surface area contributed by atoms with E-state index in [1.54, 1.807) is 6.92 Å². The van der Waals surface area contributed by atoms with Crippen molar-refractivity contribution < 1.29 is 14.3 Å². The summed E-state index contributed by atoms with van der Waals surface area (Å²) in [5.74, 6) is -1.18. The lowest BCUT2D eigenvalue weighted by Gasteiger charge is -2.39. The van der Waals surface area contributed by atoms with E-state index >= 15 is 0 Å². The van der Waals surface area contributed by atoms with Crippen LogP contribution in [0.25, 0.3) is 11.1 Å². The highest BCUT2D eigenvalue weighted by Crippen LogP contribution is 2.38. The Bertz CT molecular complexity index is 761. The zero-order valence-corrected chi connectivity index (χ0v) is 19.0. The first-order valence-electron chi connectivity index (χ1n) is 10.0. The Morgan fingerprint density at radius 1 is 1.00 bits per heavy atom. The largest absolute Gasteiger partial charge is 0.481 e. The molecule has 0 bridgehead atoms. The van der Waals surface area contributed by atoms with Crippen molar-refractivity contribution in [3.05, 3.63) is 60.2 Å². The van der Waals surface area contributed by atoms with Gasteiger partial charge < -0.3 is 9.53 Å². The van der Waals surface area contributed by atoms with E-state index in [-0.39, 0.29) is 11.1 Å². The molecule has 2 aromatic rings. The number of hydrogen-bond donors (Lipinski definition) is 1. The van der Waals surface area contributed by atoms with Crippen molar-refractivity contribution in [1.29, 1.82) is 0 Å². The summed E-state index contributed by atoms with van der Waals surface area (Å²) in [5.41, 5.74) is 3.56. The minimum Gasteiger partial charge on any atom is -0.481 e. The second-order valence-corrected chi connectivity index (χ2v) is 14.0. The molecule has 2 rings (SSSR count). The van der Waals surface area contributed by atoms with Crippen LogP contribution < -0.4 is 0 Å². The molecule has 1 N–H and O–H groups in total. The van der Waals surface area contributed by atoms with E-state index in [0.29, 0.717) is 6.42 Å². The van der Waals surface area contributed by atoms with Crippen LogP contribution in [0, 0.1) is 5.92 Å². The molecule has 0 aromatic heterocycles. The summed E-state index contributed by atoms with van der Waals surface area (Å²) in [6.45, 7) is 12.9. The third-order valence-corrected chi connectivity index (χ3v) is 10.4. The maximum Gasteiger partial charge on any atom is 0.306 e. The number of benzene rings is 2. The van der Waals surface area contributed by atoms with Crippen molar-refractivity contribution in [3.63, 3.8) is 0 Å². The number of rotatable bonds is 8. The quantitative estimate of drug-likeness (QED) is 0.524. The third kappa shape index (κ3) is 6.04. The van der Waals surface area contributed by atoms with Crippen LogP contribution in [0.5, 0.6) is 0 Å². The van der Waals surface area contributed by atoms with E-state index in [9.17, 15) is 9.90 Å². The molecule has 0 radical (unpaired) electrons. The summed E-state index contributed by atoms with van der Waals surface area (Å²) < 4.78 is 6.62. The number of carbonyl (C=O) groups is 1. The molecule has 0 saturated heterocycles. The van der Waals surface area contributed by atoms with Crippen molar-refractivity contribution in [2.45, 2.75) is 64.8 Å². The summed E-state index contributed by atoms with van der Waals surface area (Å²) in [5, 5.41) is 9.47. The minimum absolute atomic E-state index is 0.0884. The first-order valence-corrected chi connectivity index (χ1v) is 13.0. The van der Waals surface area contributed by atoms with Gasteiger partial charge in [-0.15, -0.1) is 0 Å². The van der Waals surface area contributed by atoms with Crippen LogP contribution >= 0.6 is 0 Å². The highest BCUT2D eigenvalue weighted by atomic mass is 28.4. The minimum atomic E-state index is -1.98. The maximum atomic E-state index is 11.4. The van der Waals surface area contributed by atoms with Gasteiger partial charge in [0, 0.05) is 6.10 Å². The molecular weight excluding hydrogens is 364 g/mol. The van der Waals surface area contributed by atoms with Gasteiger partial charge in [0.25, 0.3) is 0 Å². The van der Waals surface area contributed by atoms with Crippen molar-refractivity contribution in [2.75, 3.05) is 0 Å². The predicted octanol–water partition coefficient (Wildman–Crippen LogP) is 6.40. The van der Waals surface area contributed by atoms with Crippen LogP contribution in [0.2, 0.25) is 18.1 Å². The summed E-state index contributed by atoms with van der Waals surface area (Å²) in [4.78, 5) is 11.4. The van der Waals surface area contributed by atoms with E-state index < -0.39 is 20.2 Å². The highest BCUT2D eigenvalue weighted by molar-refractivity contribution is 6.74. The summed E-state index contributed by atoms with van der Waals surface area (Å²) >= 11 is 0. The molecule has 2 aromatic carbocycles. The topological polar surface area (TPSA) is 46.5 Å². The summed E-state index contributed by atoms with van der Waals surface area (Å²) in [7, 11) is -1.98. The number of hydrogen-bond acceptors (Lipinski definition) is 2. The van der Waals surface area contributed by atoms with Crippen LogP contribution in [0.1, 0.15) is 39.7 Å². The average molecular weight is 399 g/mol. The maximum absolute atomic E-state index is 11.4. The second-order valence-electron chi connectivity index (χ2n) is 9.24. The molecule has 0 aliphatic carbocycles. The first-order chi connectivity index (χ1) is 13.0. The van der Waals surface area contributed by atoms with E-state index in [2.05, 4.69) is 70.3 Å². The van der Waals surface area contributed by atoms with Crippen LogP contribution in [-0.2, 0) is 15.6 Å². The van der Waals surface area contributed by atoms with Gasteiger partial charge in [0.1, 0.15) is 0 Å². The van der Waals surface area contributed by atoms with Gasteiger partial charge in [0.05, 0.1) is 5.92 Å². The fourth-order valence-corrected chi connectivity index (χ4v) is 4.35. The fourth-order valence-electron chi connectivity index (χ4n) is 2.99. The van der Waals surface area contributed by atoms with Gasteiger partial charge in [0.15, 0.2) is 8.32 Å². The molecule has 2 atom stereocenters. The fraction of sp³-hybridized carbons (Fsp3) is 0.458. The van der Waals surface area contributed by atoms with Crippen LogP contribution in [0.3, 0.4) is 0 Å². The van der Waals surface area contributed by atoms with E-state index in [0.717, 1.165) is 6.42 Å². The Hall–Kier alpha value is -1.91. The number of aliphatic carboxylic acids is 1. The summed E-state index contributed by atoms with van der Waals surface area (Å²) in [6, 6.07) is 18.8. The van der Waals surface area contributed by atoms with Gasteiger partial charge in [-0.1, -0.05) is 82.3 Å². The molecule has 0 amide bonds. The smallest absolute Gasteiger partial charge is 0.306 e. The Morgan fingerprint density at radius 2 is 1.54 bits per heavy atom. The van der Waals surface area contributed by atoms with Crippen molar-refractivity contribution in [2.24, 2.45) is 5.92 Å². The lowest BCUT2D eigenvalue weighted by molar-refractivity contribution is -0.142. The predicted molar refractivity (Wildman–Crippen MR) is 119 cm³/mol. The van der Waals surface area contributed by atoms with Crippen LogP contribution in [-0.4, -0.2) is 25.5 Å². The Labute approximate surface area is 170 Å². The van der Waals surface area contributed by atoms with Crippen LogP contribution in [0.4, 0.5) is 0 Å². The van der Waals surface area contributed by atoms with Crippen molar-refractivity contribution in [1.82, 2.24) is 0 Å². The van der Waals surface area contributed by atoms with Gasteiger partial charge in [-0.25, -0.2) is 0 Å². The monoisotopic (exact) mass is 398 g/mol. The van der Waals surface area contributed by atoms with Crippen molar-refractivity contribution in [3.8, 4) is 11.1 Å². The molecule has 28 heavy (non-hydrogen) atoms. The highest BCUT2D eigenvalue weighted by Gasteiger charge is 2.39. The molecule has 3 nitrogen and oxygen atoms in total. The van der Waals surface area contributed by atoms with E-state index in [4.69, 9.17) is 4.43 Å². The second kappa shape index (κ2) is 9.06. The molecule has 4 heteroatoms. The molecule has 0 unspecified atom stereocenters. The third-order valence-electron chi connectivity index (χ3n) is 5.83. The van der Waals surface area contributed by atoms with Gasteiger partial charge >= 0.3 is 5.97 Å². The average Bonchev–Trinajstić information content (AvgIpc) is 2.61. The summed E-state index contributed by atoms with van der Waals surface area (Å²) in [6.07, 6.45) is 1.18. The van der Waals surface area contributed by atoms with Crippen molar-refractivity contribution >= 4 is 14.3 Å². The molecule has 0 spiro atoms. The molecule has 152 valence electrons. The normalized spacial score (nSPS) is 14.5. The van der Waals surface area contributed by atoms with Gasteiger partial charge in [-0.3, -0.25) is 4.79 Å². The molecule has 0 fully saturated rings. The Morgan fingerprint density at radius 3 is 2.04 bits per heavy atom. The van der Waals surface area contributed by atoms with Gasteiger partial charge in [0.2, 0.25) is 0 Å². The molecule has 0 saturated carbocycles.